The minimum absolute atomic E-state index is 0.101. The maximum atomic E-state index is 13.1. The number of carbonyl (C=O) groups excluding carboxylic acids is 1. The van der Waals surface area contributed by atoms with Crippen LogP contribution in [0.25, 0.3) is 0 Å². The predicted molar refractivity (Wildman–Crippen MR) is 112 cm³/mol. The van der Waals surface area contributed by atoms with Gasteiger partial charge in [-0.05, 0) is 53.4 Å². The number of rotatable bonds is 4. The molecule has 4 rings (SSSR count). The van der Waals surface area contributed by atoms with E-state index in [9.17, 15) is 23.1 Å². The van der Waals surface area contributed by atoms with Gasteiger partial charge in [-0.15, -0.1) is 0 Å². The lowest BCUT2D eigenvalue weighted by atomic mass is 9.76. The molecular weight excluding hydrogens is 445 g/mol. The zero-order valence-electron chi connectivity index (χ0n) is 16.8. The van der Waals surface area contributed by atoms with Gasteiger partial charge < -0.3 is 14.6 Å². The molecule has 0 saturated carbocycles. The molecule has 1 heterocycles. The molecule has 0 bridgehead atoms. The summed E-state index contributed by atoms with van der Waals surface area (Å²) in [5.41, 5.74) is 0.905. The molecular formula is C24H18ClF3O4. The number of alkyl halides is 3. The van der Waals surface area contributed by atoms with Crippen molar-refractivity contribution in [2.24, 2.45) is 0 Å². The highest BCUT2D eigenvalue weighted by atomic mass is 35.5. The van der Waals surface area contributed by atoms with Crippen LogP contribution in [-0.4, -0.2) is 18.2 Å². The summed E-state index contributed by atoms with van der Waals surface area (Å²) in [6.07, 6.45) is -4.18. The van der Waals surface area contributed by atoms with Crippen molar-refractivity contribution in [3.05, 3.63) is 87.9 Å². The first-order valence-electron chi connectivity index (χ1n) is 9.71. The first-order valence-corrected chi connectivity index (χ1v) is 10.1. The number of hydrogen-bond donors (Lipinski definition) is 1. The summed E-state index contributed by atoms with van der Waals surface area (Å²) >= 11 is 6.24. The van der Waals surface area contributed by atoms with E-state index in [2.05, 4.69) is 0 Å². The second-order valence-corrected chi connectivity index (χ2v) is 7.92. The van der Waals surface area contributed by atoms with Gasteiger partial charge in [-0.1, -0.05) is 35.9 Å². The fourth-order valence-electron chi connectivity index (χ4n) is 3.97. The van der Waals surface area contributed by atoms with Gasteiger partial charge in [0, 0.05) is 17.0 Å². The van der Waals surface area contributed by atoms with Gasteiger partial charge in [0.2, 0.25) is 0 Å². The number of benzene rings is 3. The maximum absolute atomic E-state index is 13.1. The Bertz CT molecular complexity index is 1160. The lowest BCUT2D eigenvalue weighted by Crippen LogP contribution is -2.31. The van der Waals surface area contributed by atoms with Crippen molar-refractivity contribution < 1.29 is 32.5 Å². The molecule has 2 atom stereocenters. The van der Waals surface area contributed by atoms with Gasteiger partial charge in [-0.25, -0.2) is 0 Å². The van der Waals surface area contributed by atoms with Crippen LogP contribution in [0.2, 0.25) is 5.02 Å². The van der Waals surface area contributed by atoms with E-state index in [1.165, 1.54) is 25.3 Å². The molecule has 0 aliphatic carbocycles. The highest BCUT2D eigenvalue weighted by Crippen LogP contribution is 2.48. The van der Waals surface area contributed by atoms with Crippen LogP contribution in [0.4, 0.5) is 13.2 Å². The van der Waals surface area contributed by atoms with Crippen LogP contribution >= 0.6 is 11.6 Å². The van der Waals surface area contributed by atoms with Crippen LogP contribution in [0.15, 0.2) is 60.7 Å². The summed E-state index contributed by atoms with van der Waals surface area (Å²) in [5.74, 6) is -1.06. The first kappa shape index (κ1) is 22.0. The number of ether oxygens (including phenoxy) is 2. The van der Waals surface area contributed by atoms with E-state index in [0.717, 1.165) is 17.7 Å². The molecule has 0 spiro atoms. The molecule has 3 aromatic rings. The van der Waals surface area contributed by atoms with E-state index in [0.29, 0.717) is 23.5 Å². The molecule has 32 heavy (non-hydrogen) atoms. The van der Waals surface area contributed by atoms with Crippen molar-refractivity contribution in [1.29, 1.82) is 0 Å². The Hall–Kier alpha value is -3.19. The zero-order valence-corrected chi connectivity index (χ0v) is 17.6. The van der Waals surface area contributed by atoms with Crippen LogP contribution in [-0.2, 0) is 17.4 Å². The molecule has 166 valence electrons. The lowest BCUT2D eigenvalue weighted by molar-refractivity contribution is -0.138. The summed E-state index contributed by atoms with van der Waals surface area (Å²) in [5, 5.41) is 9.42. The average Bonchev–Trinajstić information content (AvgIpc) is 2.74. The molecule has 1 N–H and O–H groups in total. The monoisotopic (exact) mass is 462 g/mol. The van der Waals surface area contributed by atoms with Gasteiger partial charge in [0.05, 0.1) is 18.6 Å². The van der Waals surface area contributed by atoms with Crippen molar-refractivity contribution in [3.63, 3.8) is 0 Å². The van der Waals surface area contributed by atoms with Crippen molar-refractivity contribution in [2.75, 3.05) is 7.11 Å². The molecule has 3 aromatic carbocycles. The van der Waals surface area contributed by atoms with Crippen LogP contribution in [0.3, 0.4) is 0 Å². The number of esters is 1. The number of phenolic OH excluding ortho intramolecular Hbond substituents is 1. The summed E-state index contributed by atoms with van der Waals surface area (Å²) in [6, 6.07) is 14.6. The molecule has 4 nitrogen and oxygen atoms in total. The Morgan fingerprint density at radius 2 is 1.72 bits per heavy atom. The minimum atomic E-state index is -4.55. The third-order valence-corrected chi connectivity index (χ3v) is 5.87. The number of methoxy groups -OCH3 is 1. The Labute approximate surface area is 187 Å². The Morgan fingerprint density at radius 3 is 2.34 bits per heavy atom. The van der Waals surface area contributed by atoms with Crippen molar-refractivity contribution >= 4 is 17.6 Å². The lowest BCUT2D eigenvalue weighted by Gasteiger charge is -2.33. The maximum Gasteiger partial charge on any atom is 0.416 e. The summed E-state index contributed by atoms with van der Waals surface area (Å²) in [6.45, 7) is 0. The fraction of sp³-hybridized carbons (Fsp3) is 0.208. The molecule has 0 aromatic heterocycles. The Morgan fingerprint density at radius 1 is 1.03 bits per heavy atom. The third kappa shape index (κ3) is 4.25. The zero-order chi connectivity index (χ0) is 23.0. The number of aromatic hydroxyl groups is 1. The van der Waals surface area contributed by atoms with Crippen molar-refractivity contribution in [2.45, 2.75) is 24.4 Å². The average molecular weight is 463 g/mol. The Kier molecular flexibility index (Phi) is 5.77. The fourth-order valence-corrected chi connectivity index (χ4v) is 4.26. The standard InChI is InChI=1S/C24H18ClF3O4/c1-31-16-7-9-17-19(10-13-2-5-15(29)6-3-13)22(23(30)32-21(17)12-16)18-8-4-14(11-20(18)25)24(26,27)28/h2-9,11-12,19,22,29H,10H2,1H3. The van der Waals surface area contributed by atoms with E-state index >= 15 is 0 Å². The molecule has 1 aliphatic heterocycles. The number of halogens is 4. The largest absolute Gasteiger partial charge is 0.508 e. The van der Waals surface area contributed by atoms with Crippen LogP contribution in [0.1, 0.15) is 34.1 Å². The highest BCUT2D eigenvalue weighted by molar-refractivity contribution is 6.31. The van der Waals surface area contributed by atoms with Crippen molar-refractivity contribution in [3.8, 4) is 17.2 Å². The van der Waals surface area contributed by atoms with E-state index in [1.54, 1.807) is 30.3 Å². The van der Waals surface area contributed by atoms with E-state index in [1.807, 2.05) is 0 Å². The quantitative estimate of drug-likeness (QED) is 0.376. The third-order valence-electron chi connectivity index (χ3n) is 5.54. The number of phenols is 1. The van der Waals surface area contributed by atoms with Gasteiger partial charge in [-0.3, -0.25) is 4.79 Å². The number of carbonyl (C=O) groups is 1. The highest BCUT2D eigenvalue weighted by Gasteiger charge is 2.41. The van der Waals surface area contributed by atoms with E-state index in [4.69, 9.17) is 21.1 Å². The first-order chi connectivity index (χ1) is 15.2. The summed E-state index contributed by atoms with van der Waals surface area (Å²) < 4.78 is 50.1. The SMILES string of the molecule is COc1ccc2c(c1)OC(=O)C(c1ccc(C(F)(F)F)cc1Cl)C2Cc1ccc(O)cc1. The molecule has 0 radical (unpaired) electrons. The number of hydrogen-bond acceptors (Lipinski definition) is 4. The molecule has 2 unspecified atom stereocenters. The topological polar surface area (TPSA) is 55.8 Å². The van der Waals surface area contributed by atoms with Crippen molar-refractivity contribution in [1.82, 2.24) is 0 Å². The predicted octanol–water partition coefficient (Wildman–Crippen LogP) is 6.10. The van der Waals surface area contributed by atoms with Gasteiger partial charge in [0.25, 0.3) is 0 Å². The van der Waals surface area contributed by atoms with Gasteiger partial charge in [0.1, 0.15) is 17.2 Å². The summed E-state index contributed by atoms with van der Waals surface area (Å²) in [4.78, 5) is 13.1. The summed E-state index contributed by atoms with van der Waals surface area (Å²) in [7, 11) is 1.49. The van der Waals surface area contributed by atoms with Crippen LogP contribution in [0, 0.1) is 0 Å². The van der Waals surface area contributed by atoms with Gasteiger partial charge >= 0.3 is 12.1 Å². The normalized spacial score (nSPS) is 18.1. The second-order valence-electron chi connectivity index (χ2n) is 7.51. The van der Waals surface area contributed by atoms with Gasteiger partial charge in [-0.2, -0.15) is 13.2 Å². The van der Waals surface area contributed by atoms with Crippen LogP contribution < -0.4 is 9.47 Å². The van der Waals surface area contributed by atoms with Gasteiger partial charge in [0.15, 0.2) is 0 Å². The number of fused-ring (bicyclic) bond motifs is 1. The molecule has 0 amide bonds. The minimum Gasteiger partial charge on any atom is -0.508 e. The molecule has 8 heteroatoms. The smallest absolute Gasteiger partial charge is 0.416 e. The molecule has 1 aliphatic rings. The van der Waals surface area contributed by atoms with Crippen LogP contribution in [0.5, 0.6) is 17.2 Å². The Balaban J connectivity index is 1.81. The van der Waals surface area contributed by atoms with E-state index < -0.39 is 29.5 Å². The molecule has 0 saturated heterocycles. The second kappa shape index (κ2) is 8.39. The van der Waals surface area contributed by atoms with E-state index in [-0.39, 0.29) is 16.3 Å². The molecule has 0 fully saturated rings.